The summed E-state index contributed by atoms with van der Waals surface area (Å²) in [6, 6.07) is 5.43. The van der Waals surface area contributed by atoms with Crippen molar-refractivity contribution in [1.82, 2.24) is 4.90 Å². The molecular weight excluding hydrogens is 246 g/mol. The van der Waals surface area contributed by atoms with Gasteiger partial charge in [-0.15, -0.1) is 0 Å². The number of hydrogen-bond donors (Lipinski definition) is 0. The van der Waals surface area contributed by atoms with Crippen LogP contribution in [0.4, 0.5) is 8.78 Å². The molecule has 2 rings (SSSR count). The van der Waals surface area contributed by atoms with Crippen molar-refractivity contribution in [3.63, 3.8) is 0 Å². The second-order valence-corrected chi connectivity index (χ2v) is 5.61. The summed E-state index contributed by atoms with van der Waals surface area (Å²) < 4.78 is 26.3. The Kier molecular flexibility index (Phi) is 4.16. The Hall–Kier alpha value is -1.47. The fourth-order valence-corrected chi connectivity index (χ4v) is 2.97. The van der Waals surface area contributed by atoms with Gasteiger partial charge in [0, 0.05) is 13.1 Å². The normalized spacial score (nSPS) is 25.8. The molecule has 2 nitrogen and oxygen atoms in total. The molecule has 0 saturated carbocycles. The van der Waals surface area contributed by atoms with Crippen molar-refractivity contribution in [3.05, 3.63) is 35.4 Å². The molecule has 1 aliphatic heterocycles. The van der Waals surface area contributed by atoms with Crippen molar-refractivity contribution in [2.24, 2.45) is 11.8 Å². The fraction of sp³-hybridized carbons (Fsp3) is 0.533. The van der Waals surface area contributed by atoms with Gasteiger partial charge in [-0.1, -0.05) is 19.9 Å². The number of halogens is 2. The minimum atomic E-state index is -0.893. The first kappa shape index (κ1) is 14.0. The lowest BCUT2D eigenvalue weighted by Crippen LogP contribution is -2.40. The summed E-state index contributed by atoms with van der Waals surface area (Å²) in [6.07, 6.45) is 1.15. The molecule has 0 amide bonds. The highest BCUT2D eigenvalue weighted by atomic mass is 19.2. The first-order chi connectivity index (χ1) is 9.01. The van der Waals surface area contributed by atoms with Crippen LogP contribution in [0.5, 0.6) is 0 Å². The van der Waals surface area contributed by atoms with E-state index in [9.17, 15) is 14.0 Å². The van der Waals surface area contributed by atoms with Gasteiger partial charge in [-0.2, -0.15) is 5.26 Å². The van der Waals surface area contributed by atoms with Crippen LogP contribution in [0.25, 0.3) is 0 Å². The SMILES string of the molecule is CC1CC(C)CN(C(C#N)c2ccc(F)c(F)c2)C1. The van der Waals surface area contributed by atoms with E-state index < -0.39 is 17.7 Å². The first-order valence-corrected chi connectivity index (χ1v) is 6.60. The molecule has 0 radical (unpaired) electrons. The first-order valence-electron chi connectivity index (χ1n) is 6.60. The van der Waals surface area contributed by atoms with E-state index in [4.69, 9.17) is 0 Å². The Morgan fingerprint density at radius 3 is 2.37 bits per heavy atom. The maximum absolute atomic E-state index is 13.3. The van der Waals surface area contributed by atoms with Crippen LogP contribution in [0.15, 0.2) is 18.2 Å². The van der Waals surface area contributed by atoms with Gasteiger partial charge in [0.1, 0.15) is 6.04 Å². The van der Waals surface area contributed by atoms with Crippen LogP contribution < -0.4 is 0 Å². The van der Waals surface area contributed by atoms with Crippen LogP contribution in [0.3, 0.4) is 0 Å². The lowest BCUT2D eigenvalue weighted by molar-refractivity contribution is 0.117. The third-order valence-corrected chi connectivity index (χ3v) is 3.64. The standard InChI is InChI=1S/C15H18F2N2/c1-10-5-11(2)9-19(8-10)15(7-18)12-3-4-13(16)14(17)6-12/h3-4,6,10-11,15H,5,8-9H2,1-2H3. The summed E-state index contributed by atoms with van der Waals surface area (Å²) in [5, 5.41) is 9.36. The summed E-state index contributed by atoms with van der Waals surface area (Å²) in [7, 11) is 0. The van der Waals surface area contributed by atoms with Crippen molar-refractivity contribution in [1.29, 1.82) is 5.26 Å². The predicted octanol–water partition coefficient (Wildman–Crippen LogP) is 3.51. The molecule has 3 atom stereocenters. The predicted molar refractivity (Wildman–Crippen MR) is 69.2 cm³/mol. The van der Waals surface area contributed by atoms with Crippen LogP contribution in [0.1, 0.15) is 31.9 Å². The molecule has 1 fully saturated rings. The van der Waals surface area contributed by atoms with Crippen LogP contribution >= 0.6 is 0 Å². The average Bonchev–Trinajstić information content (AvgIpc) is 2.33. The van der Waals surface area contributed by atoms with E-state index in [-0.39, 0.29) is 0 Å². The Bertz CT molecular complexity index is 485. The van der Waals surface area contributed by atoms with Crippen LogP contribution in [0.2, 0.25) is 0 Å². The summed E-state index contributed by atoms with van der Waals surface area (Å²) in [6.45, 7) is 5.95. The smallest absolute Gasteiger partial charge is 0.159 e. The van der Waals surface area contributed by atoms with Gasteiger partial charge in [-0.05, 0) is 36.0 Å². The van der Waals surface area contributed by atoms with E-state index in [2.05, 4.69) is 24.8 Å². The molecule has 19 heavy (non-hydrogen) atoms. The summed E-state index contributed by atoms with van der Waals surface area (Å²) in [4.78, 5) is 2.06. The van der Waals surface area contributed by atoms with E-state index in [0.29, 0.717) is 17.4 Å². The zero-order chi connectivity index (χ0) is 14.0. The van der Waals surface area contributed by atoms with Gasteiger partial charge in [-0.25, -0.2) is 8.78 Å². The van der Waals surface area contributed by atoms with Crippen molar-refractivity contribution >= 4 is 0 Å². The summed E-state index contributed by atoms with van der Waals surface area (Å²) in [5.41, 5.74) is 0.530. The molecule has 0 spiro atoms. The molecule has 1 aromatic rings. The Balaban J connectivity index is 2.24. The molecule has 4 heteroatoms. The second-order valence-electron chi connectivity index (χ2n) is 5.61. The zero-order valence-corrected chi connectivity index (χ0v) is 11.2. The highest BCUT2D eigenvalue weighted by molar-refractivity contribution is 5.26. The van der Waals surface area contributed by atoms with E-state index in [1.54, 1.807) is 0 Å². The molecule has 1 aromatic carbocycles. The van der Waals surface area contributed by atoms with Crippen molar-refractivity contribution in [2.45, 2.75) is 26.3 Å². The van der Waals surface area contributed by atoms with E-state index >= 15 is 0 Å². The highest BCUT2D eigenvalue weighted by Gasteiger charge is 2.28. The van der Waals surface area contributed by atoms with E-state index in [0.717, 1.165) is 31.6 Å². The number of hydrogen-bond acceptors (Lipinski definition) is 2. The maximum atomic E-state index is 13.3. The van der Waals surface area contributed by atoms with Crippen LogP contribution in [-0.2, 0) is 0 Å². The largest absolute Gasteiger partial charge is 0.284 e. The van der Waals surface area contributed by atoms with Gasteiger partial charge in [0.25, 0.3) is 0 Å². The molecule has 1 aliphatic rings. The minimum absolute atomic E-state index is 0.500. The Labute approximate surface area is 112 Å². The molecule has 3 unspecified atom stereocenters. The van der Waals surface area contributed by atoms with E-state index in [1.807, 2.05) is 0 Å². The monoisotopic (exact) mass is 264 g/mol. The van der Waals surface area contributed by atoms with Crippen LogP contribution in [-0.4, -0.2) is 18.0 Å². The molecule has 102 valence electrons. The van der Waals surface area contributed by atoms with Gasteiger partial charge in [0.05, 0.1) is 6.07 Å². The molecule has 0 aliphatic carbocycles. The maximum Gasteiger partial charge on any atom is 0.159 e. The van der Waals surface area contributed by atoms with Crippen LogP contribution in [0, 0.1) is 34.8 Å². The van der Waals surface area contributed by atoms with Gasteiger partial charge >= 0.3 is 0 Å². The molecule has 1 heterocycles. The van der Waals surface area contributed by atoms with Crippen molar-refractivity contribution < 1.29 is 8.78 Å². The lowest BCUT2D eigenvalue weighted by Gasteiger charge is -2.37. The molecular formula is C15H18F2N2. The molecule has 0 bridgehead atoms. The topological polar surface area (TPSA) is 27.0 Å². The Morgan fingerprint density at radius 1 is 1.21 bits per heavy atom. The second kappa shape index (κ2) is 5.66. The average molecular weight is 264 g/mol. The van der Waals surface area contributed by atoms with Gasteiger partial charge < -0.3 is 0 Å². The van der Waals surface area contributed by atoms with Crippen molar-refractivity contribution in [2.75, 3.05) is 13.1 Å². The molecule has 1 saturated heterocycles. The highest BCUT2D eigenvalue weighted by Crippen LogP contribution is 2.29. The quantitative estimate of drug-likeness (QED) is 0.817. The third kappa shape index (κ3) is 3.10. The fourth-order valence-electron chi connectivity index (χ4n) is 2.97. The lowest BCUT2D eigenvalue weighted by atomic mass is 9.90. The Morgan fingerprint density at radius 2 is 1.84 bits per heavy atom. The van der Waals surface area contributed by atoms with E-state index in [1.165, 1.54) is 6.07 Å². The van der Waals surface area contributed by atoms with Gasteiger partial charge in [-0.3, -0.25) is 4.90 Å². The summed E-state index contributed by atoms with van der Waals surface area (Å²) >= 11 is 0. The van der Waals surface area contributed by atoms with Gasteiger partial charge in [0.15, 0.2) is 11.6 Å². The third-order valence-electron chi connectivity index (χ3n) is 3.64. The van der Waals surface area contributed by atoms with Crippen molar-refractivity contribution in [3.8, 4) is 6.07 Å². The number of piperidine rings is 1. The number of rotatable bonds is 2. The minimum Gasteiger partial charge on any atom is -0.284 e. The number of likely N-dealkylation sites (tertiary alicyclic amines) is 1. The number of benzene rings is 1. The summed E-state index contributed by atoms with van der Waals surface area (Å²) in [5.74, 6) is -0.730. The zero-order valence-electron chi connectivity index (χ0n) is 11.2. The van der Waals surface area contributed by atoms with Gasteiger partial charge in [0.2, 0.25) is 0 Å². The molecule has 0 N–H and O–H groups in total. The number of nitrogens with zero attached hydrogens (tertiary/aromatic N) is 2. The number of nitriles is 1. The molecule has 0 aromatic heterocycles.